The van der Waals surface area contributed by atoms with Gasteiger partial charge in [0.15, 0.2) is 0 Å². The molecule has 1 fully saturated rings. The minimum atomic E-state index is 0.138. The lowest BCUT2D eigenvalue weighted by molar-refractivity contribution is -0.132. The molecule has 0 radical (unpaired) electrons. The third kappa shape index (κ3) is 3.42. The third-order valence-corrected chi connectivity index (χ3v) is 4.54. The second-order valence-electron chi connectivity index (χ2n) is 6.28. The van der Waals surface area contributed by atoms with Gasteiger partial charge in [0.05, 0.1) is 19.6 Å². The SMILES string of the molecule is COc1ccccc1CC(=O)N1CCC[C@H](n2nc(C)nc2C)C1. The summed E-state index contributed by atoms with van der Waals surface area (Å²) in [5.41, 5.74) is 0.930. The molecule has 0 saturated carbocycles. The highest BCUT2D eigenvalue weighted by atomic mass is 16.5. The highest BCUT2D eigenvalue weighted by molar-refractivity contribution is 5.79. The number of nitrogens with zero attached hydrogens (tertiary/aromatic N) is 4. The van der Waals surface area contributed by atoms with Crippen LogP contribution in [0.3, 0.4) is 0 Å². The Hall–Kier alpha value is -2.37. The topological polar surface area (TPSA) is 60.2 Å². The summed E-state index contributed by atoms with van der Waals surface area (Å²) in [7, 11) is 1.63. The molecule has 0 unspecified atom stereocenters. The van der Waals surface area contributed by atoms with Gasteiger partial charge in [-0.25, -0.2) is 9.67 Å². The highest BCUT2D eigenvalue weighted by Crippen LogP contribution is 2.24. The lowest BCUT2D eigenvalue weighted by Gasteiger charge is -2.33. The van der Waals surface area contributed by atoms with Gasteiger partial charge < -0.3 is 9.64 Å². The zero-order valence-electron chi connectivity index (χ0n) is 14.5. The van der Waals surface area contributed by atoms with Gasteiger partial charge in [-0.2, -0.15) is 5.10 Å². The first kappa shape index (κ1) is 16.5. The number of para-hydroxylation sites is 1. The Labute approximate surface area is 142 Å². The normalized spacial score (nSPS) is 17.8. The third-order valence-electron chi connectivity index (χ3n) is 4.54. The Morgan fingerprint density at radius 2 is 2.12 bits per heavy atom. The number of aryl methyl sites for hydroxylation is 2. The molecule has 2 aromatic rings. The Bertz CT molecular complexity index is 726. The van der Waals surface area contributed by atoms with E-state index in [9.17, 15) is 4.79 Å². The number of ether oxygens (including phenoxy) is 1. The van der Waals surface area contributed by atoms with Crippen LogP contribution in [0.1, 0.15) is 36.1 Å². The van der Waals surface area contributed by atoms with E-state index in [1.807, 2.05) is 47.7 Å². The summed E-state index contributed by atoms with van der Waals surface area (Å²) in [4.78, 5) is 19.0. The minimum Gasteiger partial charge on any atom is -0.496 e. The summed E-state index contributed by atoms with van der Waals surface area (Å²) in [6, 6.07) is 7.90. The summed E-state index contributed by atoms with van der Waals surface area (Å²) < 4.78 is 7.32. The molecule has 2 heterocycles. The molecule has 6 nitrogen and oxygen atoms in total. The summed E-state index contributed by atoms with van der Waals surface area (Å²) in [6.07, 6.45) is 2.38. The molecule has 0 aliphatic carbocycles. The Kier molecular flexibility index (Phi) is 4.83. The number of rotatable bonds is 4. The van der Waals surface area contributed by atoms with Crippen molar-refractivity contribution in [3.8, 4) is 5.75 Å². The van der Waals surface area contributed by atoms with Crippen molar-refractivity contribution < 1.29 is 9.53 Å². The first-order valence-corrected chi connectivity index (χ1v) is 8.38. The van der Waals surface area contributed by atoms with E-state index in [1.165, 1.54) is 0 Å². The van der Waals surface area contributed by atoms with Crippen molar-refractivity contribution in [2.24, 2.45) is 0 Å². The average molecular weight is 328 g/mol. The van der Waals surface area contributed by atoms with E-state index in [1.54, 1.807) is 7.11 Å². The van der Waals surface area contributed by atoms with E-state index in [2.05, 4.69) is 10.1 Å². The summed E-state index contributed by atoms with van der Waals surface area (Å²) in [6.45, 7) is 5.36. The van der Waals surface area contributed by atoms with Gasteiger partial charge in [-0.15, -0.1) is 0 Å². The molecule has 24 heavy (non-hydrogen) atoms. The lowest BCUT2D eigenvalue weighted by Crippen LogP contribution is -2.42. The van der Waals surface area contributed by atoms with E-state index in [0.29, 0.717) is 13.0 Å². The number of benzene rings is 1. The van der Waals surface area contributed by atoms with Gasteiger partial charge >= 0.3 is 0 Å². The molecule has 0 bridgehead atoms. The molecule has 0 N–H and O–H groups in total. The monoisotopic (exact) mass is 328 g/mol. The predicted octanol–water partition coefficient (Wildman–Crippen LogP) is 2.31. The second kappa shape index (κ2) is 7.03. The molecule has 1 amide bonds. The number of piperidine rings is 1. The maximum atomic E-state index is 12.7. The van der Waals surface area contributed by atoms with Crippen LogP contribution in [0.15, 0.2) is 24.3 Å². The van der Waals surface area contributed by atoms with Crippen molar-refractivity contribution in [2.45, 2.75) is 39.2 Å². The van der Waals surface area contributed by atoms with Crippen molar-refractivity contribution >= 4 is 5.91 Å². The molecule has 1 aliphatic heterocycles. The molecular formula is C18H24N4O2. The van der Waals surface area contributed by atoms with Crippen LogP contribution in [0.4, 0.5) is 0 Å². The van der Waals surface area contributed by atoms with Crippen LogP contribution < -0.4 is 4.74 Å². The molecule has 1 aromatic heterocycles. The van der Waals surface area contributed by atoms with E-state index >= 15 is 0 Å². The van der Waals surface area contributed by atoms with Gasteiger partial charge in [-0.3, -0.25) is 4.79 Å². The Morgan fingerprint density at radius 1 is 1.33 bits per heavy atom. The molecule has 0 spiro atoms. The van der Waals surface area contributed by atoms with Gasteiger partial charge in [0.2, 0.25) is 5.91 Å². The highest BCUT2D eigenvalue weighted by Gasteiger charge is 2.27. The van der Waals surface area contributed by atoms with Crippen LogP contribution >= 0.6 is 0 Å². The summed E-state index contributed by atoms with van der Waals surface area (Å²) in [5, 5.41) is 4.49. The summed E-state index contributed by atoms with van der Waals surface area (Å²) >= 11 is 0. The molecule has 1 aliphatic rings. The van der Waals surface area contributed by atoms with Gasteiger partial charge in [-0.05, 0) is 32.8 Å². The van der Waals surface area contributed by atoms with Gasteiger partial charge in [0.25, 0.3) is 0 Å². The van der Waals surface area contributed by atoms with E-state index < -0.39 is 0 Å². The Balaban J connectivity index is 1.70. The average Bonchev–Trinajstić information content (AvgIpc) is 2.94. The van der Waals surface area contributed by atoms with Crippen LogP contribution in [0.25, 0.3) is 0 Å². The fourth-order valence-electron chi connectivity index (χ4n) is 3.39. The molecule has 3 rings (SSSR count). The number of carbonyl (C=O) groups excluding carboxylic acids is 1. The van der Waals surface area contributed by atoms with Gasteiger partial charge in [0.1, 0.15) is 17.4 Å². The number of likely N-dealkylation sites (tertiary alicyclic amines) is 1. The predicted molar refractivity (Wildman–Crippen MR) is 91.0 cm³/mol. The Morgan fingerprint density at radius 3 is 2.83 bits per heavy atom. The molecular weight excluding hydrogens is 304 g/mol. The first-order chi connectivity index (χ1) is 11.6. The van der Waals surface area contributed by atoms with Crippen molar-refractivity contribution in [1.82, 2.24) is 19.7 Å². The number of hydrogen-bond acceptors (Lipinski definition) is 4. The fraction of sp³-hybridized carbons (Fsp3) is 0.500. The standard InChI is InChI=1S/C18H24N4O2/c1-13-19-14(2)22(20-13)16-8-6-10-21(12-16)18(23)11-15-7-4-5-9-17(15)24-3/h4-5,7,9,16H,6,8,10-12H2,1-3H3/t16-/m0/s1. The van der Waals surface area contributed by atoms with E-state index in [0.717, 1.165) is 42.3 Å². The first-order valence-electron chi connectivity index (χ1n) is 8.38. The van der Waals surface area contributed by atoms with Crippen LogP contribution in [-0.2, 0) is 11.2 Å². The molecule has 1 atom stereocenters. The fourth-order valence-corrected chi connectivity index (χ4v) is 3.39. The number of aromatic nitrogens is 3. The zero-order valence-corrected chi connectivity index (χ0v) is 14.5. The number of hydrogen-bond donors (Lipinski definition) is 0. The zero-order chi connectivity index (χ0) is 17.1. The maximum absolute atomic E-state index is 12.7. The van der Waals surface area contributed by atoms with Gasteiger partial charge in [-0.1, -0.05) is 18.2 Å². The molecule has 1 saturated heterocycles. The molecule has 1 aromatic carbocycles. The molecule has 128 valence electrons. The van der Waals surface area contributed by atoms with Gasteiger partial charge in [0, 0.05) is 18.7 Å². The van der Waals surface area contributed by atoms with Crippen molar-refractivity contribution in [1.29, 1.82) is 0 Å². The number of amides is 1. The maximum Gasteiger partial charge on any atom is 0.227 e. The van der Waals surface area contributed by atoms with E-state index in [-0.39, 0.29) is 11.9 Å². The summed E-state index contributed by atoms with van der Waals surface area (Å²) in [5.74, 6) is 2.60. The number of carbonyl (C=O) groups is 1. The van der Waals surface area contributed by atoms with Crippen molar-refractivity contribution in [2.75, 3.05) is 20.2 Å². The molecule has 6 heteroatoms. The van der Waals surface area contributed by atoms with Crippen molar-refractivity contribution in [3.05, 3.63) is 41.5 Å². The lowest BCUT2D eigenvalue weighted by atomic mass is 10.0. The second-order valence-corrected chi connectivity index (χ2v) is 6.28. The largest absolute Gasteiger partial charge is 0.496 e. The van der Waals surface area contributed by atoms with Crippen LogP contribution in [-0.4, -0.2) is 45.8 Å². The number of methoxy groups -OCH3 is 1. The quantitative estimate of drug-likeness (QED) is 0.864. The van der Waals surface area contributed by atoms with Crippen molar-refractivity contribution in [3.63, 3.8) is 0 Å². The smallest absolute Gasteiger partial charge is 0.227 e. The van der Waals surface area contributed by atoms with Crippen LogP contribution in [0.5, 0.6) is 5.75 Å². The van der Waals surface area contributed by atoms with Crippen LogP contribution in [0, 0.1) is 13.8 Å². The minimum absolute atomic E-state index is 0.138. The van der Waals surface area contributed by atoms with E-state index in [4.69, 9.17) is 4.74 Å². The van der Waals surface area contributed by atoms with Crippen LogP contribution in [0.2, 0.25) is 0 Å².